The molecule has 4 heteroatoms. The van der Waals surface area contributed by atoms with Gasteiger partial charge in [0.25, 0.3) is 0 Å². The minimum atomic E-state index is -0.00329. The van der Waals surface area contributed by atoms with Crippen molar-refractivity contribution in [3.8, 4) is 6.07 Å². The van der Waals surface area contributed by atoms with Crippen molar-refractivity contribution in [1.82, 2.24) is 4.98 Å². The van der Waals surface area contributed by atoms with Crippen LogP contribution < -0.4 is 5.32 Å². The van der Waals surface area contributed by atoms with Gasteiger partial charge in [-0.25, -0.2) is 4.98 Å². The van der Waals surface area contributed by atoms with Gasteiger partial charge in [-0.1, -0.05) is 6.92 Å². The Morgan fingerprint density at radius 2 is 2.50 bits per heavy atom. The van der Waals surface area contributed by atoms with Crippen LogP contribution in [-0.2, 0) is 0 Å². The molecule has 0 saturated carbocycles. The summed E-state index contributed by atoms with van der Waals surface area (Å²) in [6.45, 7) is 2.04. The summed E-state index contributed by atoms with van der Waals surface area (Å²) in [6, 6.07) is 5.34. The molecule has 0 aliphatic heterocycles. The number of nitrogens with zero attached hydrogens (tertiary/aromatic N) is 2. The molecule has 0 fully saturated rings. The monoisotopic (exact) mass is 191 g/mol. The standard InChI is InChI=1S/C10H13N3O/c1-2-9(7-14)13-10-5-8(6-11)3-4-12-10/h3-5,9,14H,2,7H2,1H3,(H,12,13). The van der Waals surface area contributed by atoms with Crippen molar-refractivity contribution in [2.24, 2.45) is 0 Å². The van der Waals surface area contributed by atoms with E-state index in [2.05, 4.69) is 10.3 Å². The number of hydrogen-bond donors (Lipinski definition) is 2. The first kappa shape index (κ1) is 10.5. The van der Waals surface area contributed by atoms with Gasteiger partial charge in [-0.3, -0.25) is 0 Å². The molecule has 1 heterocycles. The van der Waals surface area contributed by atoms with Crippen LogP contribution in [0.15, 0.2) is 18.3 Å². The highest BCUT2D eigenvalue weighted by Crippen LogP contribution is 2.08. The highest BCUT2D eigenvalue weighted by molar-refractivity contribution is 5.42. The van der Waals surface area contributed by atoms with Crippen molar-refractivity contribution in [3.63, 3.8) is 0 Å². The zero-order valence-corrected chi connectivity index (χ0v) is 8.07. The molecule has 1 aromatic heterocycles. The van der Waals surface area contributed by atoms with Crippen molar-refractivity contribution in [1.29, 1.82) is 5.26 Å². The Balaban J connectivity index is 2.72. The van der Waals surface area contributed by atoms with E-state index in [1.54, 1.807) is 18.3 Å². The minimum Gasteiger partial charge on any atom is -0.394 e. The number of aliphatic hydroxyl groups is 1. The molecule has 0 aliphatic carbocycles. The Hall–Kier alpha value is -1.60. The Morgan fingerprint density at radius 1 is 1.71 bits per heavy atom. The smallest absolute Gasteiger partial charge is 0.127 e. The molecule has 74 valence electrons. The SMILES string of the molecule is CCC(CO)Nc1cc(C#N)ccn1. The van der Waals surface area contributed by atoms with Crippen LogP contribution in [0.1, 0.15) is 18.9 Å². The normalized spacial score (nSPS) is 11.8. The van der Waals surface area contributed by atoms with Crippen molar-refractivity contribution < 1.29 is 5.11 Å². The predicted octanol–water partition coefficient (Wildman–Crippen LogP) is 1.14. The molecular weight excluding hydrogens is 178 g/mol. The van der Waals surface area contributed by atoms with Crippen molar-refractivity contribution in [2.75, 3.05) is 11.9 Å². The zero-order chi connectivity index (χ0) is 10.4. The summed E-state index contributed by atoms with van der Waals surface area (Å²) in [5.74, 6) is 0.630. The highest BCUT2D eigenvalue weighted by Gasteiger charge is 2.04. The Morgan fingerprint density at radius 3 is 3.07 bits per heavy atom. The van der Waals surface area contributed by atoms with Crippen molar-refractivity contribution in [3.05, 3.63) is 23.9 Å². The molecule has 0 spiro atoms. The topological polar surface area (TPSA) is 68.9 Å². The molecular formula is C10H13N3O. The van der Waals surface area contributed by atoms with Crippen LogP contribution in [0.3, 0.4) is 0 Å². The van der Waals surface area contributed by atoms with E-state index in [-0.39, 0.29) is 12.6 Å². The van der Waals surface area contributed by atoms with Gasteiger partial charge in [0.1, 0.15) is 5.82 Å². The van der Waals surface area contributed by atoms with Crippen molar-refractivity contribution in [2.45, 2.75) is 19.4 Å². The number of nitrogens with one attached hydrogen (secondary N) is 1. The highest BCUT2D eigenvalue weighted by atomic mass is 16.3. The lowest BCUT2D eigenvalue weighted by molar-refractivity contribution is 0.271. The fourth-order valence-corrected chi connectivity index (χ4v) is 1.06. The maximum absolute atomic E-state index is 8.96. The van der Waals surface area contributed by atoms with Gasteiger partial charge >= 0.3 is 0 Å². The van der Waals surface area contributed by atoms with Gasteiger partial charge in [0, 0.05) is 6.20 Å². The van der Waals surface area contributed by atoms with Gasteiger partial charge in [-0.15, -0.1) is 0 Å². The van der Waals surface area contributed by atoms with E-state index in [0.29, 0.717) is 11.4 Å². The molecule has 1 aromatic rings. The second-order valence-corrected chi connectivity index (χ2v) is 2.97. The summed E-state index contributed by atoms with van der Waals surface area (Å²) in [4.78, 5) is 4.05. The van der Waals surface area contributed by atoms with Gasteiger partial charge < -0.3 is 10.4 Å². The Bertz CT molecular complexity index is 328. The molecule has 0 bridgehead atoms. The zero-order valence-electron chi connectivity index (χ0n) is 8.07. The molecule has 1 atom stereocenters. The maximum Gasteiger partial charge on any atom is 0.127 e. The average Bonchev–Trinajstić information content (AvgIpc) is 2.26. The first-order chi connectivity index (χ1) is 6.80. The van der Waals surface area contributed by atoms with E-state index in [1.807, 2.05) is 13.0 Å². The summed E-state index contributed by atoms with van der Waals surface area (Å²) in [7, 11) is 0. The lowest BCUT2D eigenvalue weighted by Crippen LogP contribution is -2.23. The van der Waals surface area contributed by atoms with E-state index < -0.39 is 0 Å². The minimum absolute atomic E-state index is 0.00329. The fraction of sp³-hybridized carbons (Fsp3) is 0.400. The van der Waals surface area contributed by atoms with Crippen LogP contribution in [0.25, 0.3) is 0 Å². The molecule has 0 amide bonds. The molecule has 0 aromatic carbocycles. The van der Waals surface area contributed by atoms with Gasteiger partial charge in [0.05, 0.1) is 24.3 Å². The molecule has 0 saturated heterocycles. The van der Waals surface area contributed by atoms with Crippen LogP contribution in [0.2, 0.25) is 0 Å². The first-order valence-electron chi connectivity index (χ1n) is 4.53. The molecule has 1 unspecified atom stereocenters. The largest absolute Gasteiger partial charge is 0.394 e. The average molecular weight is 191 g/mol. The van der Waals surface area contributed by atoms with Gasteiger partial charge in [0.15, 0.2) is 0 Å². The first-order valence-corrected chi connectivity index (χ1v) is 4.53. The number of hydrogen-bond acceptors (Lipinski definition) is 4. The number of aliphatic hydroxyl groups excluding tert-OH is 1. The summed E-state index contributed by atoms with van der Waals surface area (Å²) in [5.41, 5.74) is 0.565. The Labute approximate surface area is 83.2 Å². The molecule has 0 aliphatic rings. The van der Waals surface area contributed by atoms with E-state index in [0.717, 1.165) is 6.42 Å². The molecule has 4 nitrogen and oxygen atoms in total. The second kappa shape index (κ2) is 5.20. The molecule has 1 rings (SSSR count). The fourth-order valence-electron chi connectivity index (χ4n) is 1.06. The van der Waals surface area contributed by atoms with Crippen LogP contribution in [0.5, 0.6) is 0 Å². The predicted molar refractivity (Wildman–Crippen MR) is 53.7 cm³/mol. The molecule has 14 heavy (non-hydrogen) atoms. The van der Waals surface area contributed by atoms with Gasteiger partial charge in [-0.05, 0) is 18.6 Å². The van der Waals surface area contributed by atoms with E-state index >= 15 is 0 Å². The molecule has 0 radical (unpaired) electrons. The number of rotatable bonds is 4. The van der Waals surface area contributed by atoms with E-state index in [4.69, 9.17) is 10.4 Å². The third kappa shape index (κ3) is 2.71. The van der Waals surface area contributed by atoms with Gasteiger partial charge in [-0.2, -0.15) is 5.26 Å². The quantitative estimate of drug-likeness (QED) is 0.748. The van der Waals surface area contributed by atoms with Crippen molar-refractivity contribution >= 4 is 5.82 Å². The summed E-state index contributed by atoms with van der Waals surface area (Å²) < 4.78 is 0. The number of nitriles is 1. The maximum atomic E-state index is 8.96. The van der Waals surface area contributed by atoms with E-state index in [1.165, 1.54) is 0 Å². The summed E-state index contributed by atoms with van der Waals surface area (Å²) in [6.07, 6.45) is 2.39. The summed E-state index contributed by atoms with van der Waals surface area (Å²) >= 11 is 0. The lowest BCUT2D eigenvalue weighted by atomic mass is 10.2. The lowest BCUT2D eigenvalue weighted by Gasteiger charge is -2.14. The Kier molecular flexibility index (Phi) is 3.89. The molecule has 2 N–H and O–H groups in total. The second-order valence-electron chi connectivity index (χ2n) is 2.97. The summed E-state index contributed by atoms with van der Waals surface area (Å²) in [5, 5.41) is 20.7. The van der Waals surface area contributed by atoms with Crippen LogP contribution in [0, 0.1) is 11.3 Å². The number of aromatic nitrogens is 1. The van der Waals surface area contributed by atoms with Crippen LogP contribution in [0.4, 0.5) is 5.82 Å². The number of pyridine rings is 1. The van der Waals surface area contributed by atoms with Crippen LogP contribution >= 0.6 is 0 Å². The van der Waals surface area contributed by atoms with Crippen LogP contribution in [-0.4, -0.2) is 22.7 Å². The van der Waals surface area contributed by atoms with Gasteiger partial charge in [0.2, 0.25) is 0 Å². The third-order valence-electron chi connectivity index (χ3n) is 1.95. The third-order valence-corrected chi connectivity index (χ3v) is 1.95. The number of anilines is 1. The van der Waals surface area contributed by atoms with E-state index in [9.17, 15) is 0 Å².